The molecule has 8 nitrogen and oxygen atoms in total. The van der Waals surface area contributed by atoms with Gasteiger partial charge in [0.2, 0.25) is 0 Å². The molecule has 0 bridgehead atoms. The quantitative estimate of drug-likeness (QED) is 0.641. The maximum absolute atomic E-state index is 15.0. The Kier molecular flexibility index (Phi) is 5.09. The van der Waals surface area contributed by atoms with Crippen LogP contribution in [0.4, 0.5) is 14.6 Å². The average molecular weight is 463 g/mol. The molecule has 3 atom stereocenters. The summed E-state index contributed by atoms with van der Waals surface area (Å²) in [7, 11) is -2.66. The zero-order chi connectivity index (χ0) is 23.5. The van der Waals surface area contributed by atoms with Crippen molar-refractivity contribution in [2.24, 2.45) is 15.1 Å². The number of carbonyl (C=O) groups is 1. The van der Waals surface area contributed by atoms with E-state index >= 15 is 4.39 Å². The van der Waals surface area contributed by atoms with E-state index in [1.54, 1.807) is 33.9 Å². The largest absolute Gasteiger partial charge is 0.386 e. The lowest BCUT2D eigenvalue weighted by Gasteiger charge is -2.54. The van der Waals surface area contributed by atoms with Gasteiger partial charge in [-0.15, -0.1) is 0 Å². The van der Waals surface area contributed by atoms with Crippen molar-refractivity contribution in [2.45, 2.75) is 49.7 Å². The monoisotopic (exact) mass is 462 g/mol. The number of nitrogens with two attached hydrogens (primary N) is 1. The molecule has 32 heavy (non-hydrogen) atoms. The summed E-state index contributed by atoms with van der Waals surface area (Å²) in [4.78, 5) is 25.4. The first kappa shape index (κ1) is 22.3. The second-order valence-corrected chi connectivity index (χ2v) is 11.5. The Balaban J connectivity index is 1.75. The van der Waals surface area contributed by atoms with Crippen molar-refractivity contribution < 1.29 is 18.1 Å². The zero-order valence-electron chi connectivity index (χ0n) is 18.1. The van der Waals surface area contributed by atoms with Gasteiger partial charge < -0.3 is 15.6 Å². The second-order valence-electron chi connectivity index (χ2n) is 8.56. The van der Waals surface area contributed by atoms with Gasteiger partial charge in [-0.3, -0.25) is 9.79 Å². The molecule has 0 saturated heterocycles. The highest BCUT2D eigenvalue weighted by atomic mass is 32.3. The maximum Gasteiger partial charge on any atom is 0.275 e. The van der Waals surface area contributed by atoms with Crippen LogP contribution in [0.25, 0.3) is 0 Å². The molecule has 0 unspecified atom stereocenters. The normalized spacial score (nSPS) is 28.2. The highest BCUT2D eigenvalue weighted by molar-refractivity contribution is 8.30. The number of carbonyl (C=O) groups excluding carboxylic acids is 1. The number of nitrogens with one attached hydrogen (secondary N) is 1. The maximum atomic E-state index is 15.0. The van der Waals surface area contributed by atoms with E-state index in [0.29, 0.717) is 12.0 Å². The molecule has 4 N–H and O–H groups in total. The molecule has 2 aromatic heterocycles. The Hall–Kier alpha value is -2.92. The van der Waals surface area contributed by atoms with Crippen LogP contribution >= 0.6 is 10.5 Å². The van der Waals surface area contributed by atoms with Gasteiger partial charge >= 0.3 is 0 Å². The van der Waals surface area contributed by atoms with Crippen molar-refractivity contribution in [3.8, 4) is 0 Å². The third-order valence-electron chi connectivity index (χ3n) is 6.13. The minimum atomic E-state index is -2.66. The van der Waals surface area contributed by atoms with Gasteiger partial charge in [0, 0.05) is 12.6 Å². The van der Waals surface area contributed by atoms with Gasteiger partial charge in [0.1, 0.15) is 40.2 Å². The number of nitrogens with zero attached hydrogens (tertiary/aromatic N) is 4. The number of aromatic nitrogens is 2. The molecule has 2 aromatic rings. The number of pyridine rings is 2. The van der Waals surface area contributed by atoms with Crippen molar-refractivity contribution in [3.05, 3.63) is 53.0 Å². The van der Waals surface area contributed by atoms with E-state index in [4.69, 9.17) is 5.73 Å². The van der Waals surface area contributed by atoms with Crippen LogP contribution in [0.1, 0.15) is 48.9 Å². The third kappa shape index (κ3) is 3.18. The van der Waals surface area contributed by atoms with Crippen LogP contribution in [0.15, 0.2) is 33.8 Å². The summed E-state index contributed by atoms with van der Waals surface area (Å²) >= 11 is 0. The molecule has 170 valence electrons. The topological polar surface area (TPSA) is 126 Å². The third-order valence-corrected chi connectivity index (χ3v) is 9.75. The van der Waals surface area contributed by atoms with Gasteiger partial charge in [-0.1, -0.05) is 0 Å². The molecule has 0 fully saturated rings. The van der Waals surface area contributed by atoms with Crippen molar-refractivity contribution in [3.63, 3.8) is 0 Å². The summed E-state index contributed by atoms with van der Waals surface area (Å²) in [6, 6.07) is 3.67. The van der Waals surface area contributed by atoms with Gasteiger partial charge in [-0.25, -0.2) is 23.1 Å². The van der Waals surface area contributed by atoms with Crippen LogP contribution in [-0.4, -0.2) is 42.5 Å². The van der Waals surface area contributed by atoms with E-state index in [-0.39, 0.29) is 23.0 Å². The molecule has 0 saturated carbocycles. The number of aliphatic imine (C=N–C) groups is 1. The van der Waals surface area contributed by atoms with Gasteiger partial charge in [0.05, 0.1) is 16.2 Å². The summed E-state index contributed by atoms with van der Waals surface area (Å²) in [5.41, 5.74) is 5.24. The van der Waals surface area contributed by atoms with Gasteiger partial charge in [-0.2, -0.15) is 0 Å². The average Bonchev–Trinajstić information content (AvgIpc) is 3.13. The zero-order valence-corrected chi connectivity index (χ0v) is 18.9. The number of amides is 1. The van der Waals surface area contributed by atoms with Crippen molar-refractivity contribution in [1.82, 2.24) is 9.97 Å². The molecule has 1 amide bonds. The summed E-state index contributed by atoms with van der Waals surface area (Å²) in [6.07, 6.45) is 2.96. The van der Waals surface area contributed by atoms with E-state index in [9.17, 15) is 13.7 Å². The highest BCUT2D eigenvalue weighted by Crippen LogP contribution is 2.70. The fraction of sp³-hybridized carbons (Fsp3) is 0.381. The summed E-state index contributed by atoms with van der Waals surface area (Å²) in [5.74, 6) is -1.59. The summed E-state index contributed by atoms with van der Waals surface area (Å²) < 4.78 is 43.3. The molecule has 4 heterocycles. The minimum absolute atomic E-state index is 0.0231. The molecule has 2 aliphatic rings. The first-order chi connectivity index (χ1) is 14.9. The molecule has 11 heteroatoms. The molecule has 2 aliphatic heterocycles. The number of hydrogen-bond donors (Lipinski definition) is 3. The van der Waals surface area contributed by atoms with E-state index < -0.39 is 43.6 Å². The predicted octanol–water partition coefficient (Wildman–Crippen LogP) is 3.72. The van der Waals surface area contributed by atoms with Crippen molar-refractivity contribution in [1.29, 1.82) is 0 Å². The Morgan fingerprint density at radius 3 is 2.72 bits per heavy atom. The van der Waals surface area contributed by atoms with Gasteiger partial charge in [0.25, 0.3) is 5.91 Å². The predicted molar refractivity (Wildman–Crippen MR) is 121 cm³/mol. The van der Waals surface area contributed by atoms with E-state index in [0.717, 1.165) is 6.20 Å². The first-order valence-corrected chi connectivity index (χ1v) is 11.6. The number of halogens is 2. The molecule has 0 spiro atoms. The van der Waals surface area contributed by atoms with Gasteiger partial charge in [-0.05, 0) is 62.0 Å². The molecule has 0 radical (unpaired) electrons. The van der Waals surface area contributed by atoms with Gasteiger partial charge in [0.15, 0.2) is 0 Å². The van der Waals surface area contributed by atoms with Crippen LogP contribution in [0.5, 0.6) is 0 Å². The SMILES string of the molecule is Cc1cc(F)cnc1C(=O)Nc1ccc(F)c([C@@]2(C)N=C(N)C(C)(C)[S@@]3(O)N=CC[C@H]23)n1. The number of hydrogen-bond acceptors (Lipinski definition) is 7. The van der Waals surface area contributed by atoms with Crippen LogP contribution in [0, 0.1) is 18.6 Å². The minimum Gasteiger partial charge on any atom is -0.386 e. The fourth-order valence-corrected chi connectivity index (χ4v) is 7.08. The number of anilines is 1. The lowest BCUT2D eigenvalue weighted by atomic mass is 9.90. The number of amidine groups is 1. The fourth-order valence-electron chi connectivity index (χ4n) is 4.13. The number of aryl methyl sites for hydroxylation is 1. The van der Waals surface area contributed by atoms with Crippen molar-refractivity contribution >= 4 is 34.3 Å². The summed E-state index contributed by atoms with van der Waals surface area (Å²) in [5, 5.41) is 2.03. The molecular weight excluding hydrogens is 438 g/mol. The second kappa shape index (κ2) is 7.31. The Morgan fingerprint density at radius 2 is 2.03 bits per heavy atom. The van der Waals surface area contributed by atoms with E-state index in [1.165, 1.54) is 18.2 Å². The Labute approximate surface area is 185 Å². The lowest BCUT2D eigenvalue weighted by molar-refractivity contribution is 0.102. The van der Waals surface area contributed by atoms with Crippen molar-refractivity contribution in [2.75, 3.05) is 5.32 Å². The van der Waals surface area contributed by atoms with Crippen LogP contribution in [-0.2, 0) is 5.54 Å². The summed E-state index contributed by atoms with van der Waals surface area (Å²) in [6.45, 7) is 6.76. The molecule has 0 aliphatic carbocycles. The van der Waals surface area contributed by atoms with Crippen LogP contribution in [0.3, 0.4) is 0 Å². The molecule has 0 aromatic carbocycles. The Morgan fingerprint density at radius 1 is 1.31 bits per heavy atom. The molecule has 4 rings (SSSR count). The smallest absolute Gasteiger partial charge is 0.275 e. The standard InChI is InChI=1S/C21H24F2N6O2S/c1-11-9-12(22)10-25-16(11)18(30)28-15-6-5-13(23)17(27-15)21(4)14-7-8-26-32(14,31)20(2,3)19(24)29-21/h5-6,8-10,14,31H,7H2,1-4H3,(H2,24,29)(H,27,28,30)/t14-,21+/m1/s1. The van der Waals surface area contributed by atoms with Crippen LogP contribution < -0.4 is 11.1 Å². The number of fused-ring (bicyclic) bond motifs is 1. The van der Waals surface area contributed by atoms with E-state index in [1.807, 2.05) is 0 Å². The highest BCUT2D eigenvalue weighted by Gasteiger charge is 2.61. The number of rotatable bonds is 3. The van der Waals surface area contributed by atoms with E-state index in [2.05, 4.69) is 24.7 Å². The van der Waals surface area contributed by atoms with Crippen LogP contribution in [0.2, 0.25) is 0 Å². The molecular formula is C21H24F2N6O2S. The lowest BCUT2D eigenvalue weighted by Crippen LogP contribution is -2.55. The first-order valence-electron chi connectivity index (χ1n) is 9.94. The Bertz CT molecular complexity index is 1190.